The summed E-state index contributed by atoms with van der Waals surface area (Å²) in [5, 5.41) is 4.20. The fourth-order valence-electron chi connectivity index (χ4n) is 2.41. The highest BCUT2D eigenvalue weighted by atomic mass is 32.1. The second-order valence-electron chi connectivity index (χ2n) is 5.18. The Morgan fingerprint density at radius 3 is 2.83 bits per heavy atom. The molecule has 0 radical (unpaired) electrons. The van der Waals surface area contributed by atoms with Gasteiger partial charge in [0.2, 0.25) is 0 Å². The summed E-state index contributed by atoms with van der Waals surface area (Å²) >= 11 is 1.48. The zero-order valence-electron chi connectivity index (χ0n) is 13.5. The van der Waals surface area contributed by atoms with E-state index in [1.807, 2.05) is 37.6 Å². The van der Waals surface area contributed by atoms with Crippen LogP contribution in [0.15, 0.2) is 29.4 Å². The molecule has 0 unspecified atom stereocenters. The van der Waals surface area contributed by atoms with Gasteiger partial charge >= 0.3 is 0 Å². The summed E-state index contributed by atoms with van der Waals surface area (Å²) < 4.78 is 10.1. The van der Waals surface area contributed by atoms with Crippen molar-refractivity contribution in [1.29, 1.82) is 0 Å². The van der Waals surface area contributed by atoms with Crippen molar-refractivity contribution in [2.45, 2.75) is 20.4 Å². The molecule has 120 valence electrons. The average molecular weight is 330 g/mol. The average Bonchev–Trinajstić information content (AvgIpc) is 3.15. The van der Waals surface area contributed by atoms with Gasteiger partial charge in [-0.15, -0.1) is 0 Å². The molecule has 2 aromatic heterocycles. The number of methoxy groups -OCH3 is 1. The van der Waals surface area contributed by atoms with Crippen LogP contribution in [-0.4, -0.2) is 27.4 Å². The van der Waals surface area contributed by atoms with Crippen LogP contribution in [0.3, 0.4) is 0 Å². The number of aryl methyl sites for hydroxylation is 3. The predicted molar refractivity (Wildman–Crippen MR) is 89.9 cm³/mol. The Morgan fingerprint density at radius 1 is 1.39 bits per heavy atom. The normalized spacial score (nSPS) is 12.1. The highest BCUT2D eigenvalue weighted by Gasteiger charge is 2.13. The summed E-state index contributed by atoms with van der Waals surface area (Å²) in [6.07, 6.45) is 1.78. The molecule has 0 aliphatic carbocycles. The number of hydrogen-bond donors (Lipinski definition) is 0. The first-order chi connectivity index (χ1) is 11.0. The van der Waals surface area contributed by atoms with Crippen LogP contribution in [0.2, 0.25) is 0 Å². The minimum absolute atomic E-state index is 0.337. The van der Waals surface area contributed by atoms with Gasteiger partial charge < -0.3 is 9.30 Å². The molecule has 3 aromatic rings. The molecule has 7 heteroatoms. The van der Waals surface area contributed by atoms with Gasteiger partial charge in [-0.25, -0.2) is 0 Å². The lowest BCUT2D eigenvalue weighted by Crippen LogP contribution is -2.14. The highest BCUT2D eigenvalue weighted by Crippen LogP contribution is 2.29. The van der Waals surface area contributed by atoms with Gasteiger partial charge in [0.25, 0.3) is 5.91 Å². The van der Waals surface area contributed by atoms with E-state index in [2.05, 4.69) is 10.1 Å². The Hall–Kier alpha value is -2.41. The first kappa shape index (κ1) is 15.5. The molecule has 0 saturated carbocycles. The third-order valence-electron chi connectivity index (χ3n) is 3.71. The number of carbonyl (C=O) groups excluding carboxylic acids is 1. The fraction of sp³-hybridized carbons (Fsp3) is 0.312. The van der Waals surface area contributed by atoms with Crippen molar-refractivity contribution >= 4 is 27.5 Å². The molecule has 0 fully saturated rings. The number of aromatic nitrogens is 3. The van der Waals surface area contributed by atoms with Gasteiger partial charge in [-0.05, 0) is 31.5 Å². The number of thiazole rings is 1. The molecule has 0 spiro atoms. The molecular weight excluding hydrogens is 312 g/mol. The van der Waals surface area contributed by atoms with Crippen LogP contribution in [0.5, 0.6) is 5.75 Å². The summed E-state index contributed by atoms with van der Waals surface area (Å²) in [5.74, 6) is 0.435. The lowest BCUT2D eigenvalue weighted by molar-refractivity contribution is 0.0992. The van der Waals surface area contributed by atoms with Crippen molar-refractivity contribution in [3.63, 3.8) is 0 Å². The van der Waals surface area contributed by atoms with Crippen LogP contribution in [0.1, 0.15) is 23.0 Å². The Balaban J connectivity index is 2.14. The molecule has 23 heavy (non-hydrogen) atoms. The SMILES string of the molecule is CCn1ccc(C(=O)N=c2sc3c(C)ccc(OC)c3n2C)n1. The van der Waals surface area contributed by atoms with Gasteiger partial charge in [0.05, 0.1) is 11.8 Å². The highest BCUT2D eigenvalue weighted by molar-refractivity contribution is 7.16. The van der Waals surface area contributed by atoms with Crippen molar-refractivity contribution < 1.29 is 9.53 Å². The standard InChI is InChI=1S/C16H18N4O2S/c1-5-20-9-8-11(18-20)15(21)17-16-19(3)13-12(22-4)7-6-10(2)14(13)23-16/h6-9H,5H2,1-4H3. The van der Waals surface area contributed by atoms with Crippen LogP contribution < -0.4 is 9.54 Å². The molecular formula is C16H18N4O2S. The van der Waals surface area contributed by atoms with E-state index in [0.717, 1.165) is 28.1 Å². The monoisotopic (exact) mass is 330 g/mol. The number of benzene rings is 1. The molecule has 1 aromatic carbocycles. The molecule has 0 bridgehead atoms. The molecule has 6 nitrogen and oxygen atoms in total. The van der Waals surface area contributed by atoms with Crippen LogP contribution in [0.25, 0.3) is 10.2 Å². The van der Waals surface area contributed by atoms with Gasteiger partial charge in [-0.3, -0.25) is 9.48 Å². The summed E-state index contributed by atoms with van der Waals surface area (Å²) in [4.78, 5) is 17.2. The second kappa shape index (κ2) is 6.00. The molecule has 0 aliphatic rings. The number of ether oxygens (including phenoxy) is 1. The minimum Gasteiger partial charge on any atom is -0.495 e. The van der Waals surface area contributed by atoms with Gasteiger partial charge in [0, 0.05) is 19.8 Å². The van der Waals surface area contributed by atoms with Crippen molar-refractivity contribution in [2.75, 3.05) is 7.11 Å². The Morgan fingerprint density at radius 2 is 2.17 bits per heavy atom. The van der Waals surface area contributed by atoms with Crippen LogP contribution in [-0.2, 0) is 13.6 Å². The maximum absolute atomic E-state index is 12.3. The van der Waals surface area contributed by atoms with Gasteiger partial charge in [0.1, 0.15) is 11.3 Å². The largest absolute Gasteiger partial charge is 0.495 e. The topological polar surface area (TPSA) is 61.4 Å². The number of nitrogens with zero attached hydrogens (tertiary/aromatic N) is 4. The number of hydrogen-bond acceptors (Lipinski definition) is 4. The maximum Gasteiger partial charge on any atom is 0.300 e. The molecule has 0 N–H and O–H groups in total. The maximum atomic E-state index is 12.3. The first-order valence-corrected chi connectivity index (χ1v) is 8.12. The Labute approximate surface area is 137 Å². The van der Waals surface area contributed by atoms with E-state index >= 15 is 0 Å². The molecule has 0 saturated heterocycles. The van der Waals surface area contributed by atoms with Crippen LogP contribution in [0, 0.1) is 6.92 Å². The van der Waals surface area contributed by atoms with Gasteiger partial charge in [0.15, 0.2) is 10.5 Å². The van der Waals surface area contributed by atoms with E-state index in [4.69, 9.17) is 4.74 Å². The predicted octanol–water partition coefficient (Wildman–Crippen LogP) is 2.51. The quantitative estimate of drug-likeness (QED) is 0.741. The number of rotatable bonds is 3. The summed E-state index contributed by atoms with van der Waals surface area (Å²) in [6.45, 7) is 4.73. The minimum atomic E-state index is -0.337. The second-order valence-corrected chi connectivity index (χ2v) is 6.16. The van der Waals surface area contributed by atoms with Crippen LogP contribution >= 0.6 is 11.3 Å². The summed E-state index contributed by atoms with van der Waals surface area (Å²) in [6, 6.07) is 5.62. The van der Waals surface area contributed by atoms with E-state index < -0.39 is 0 Å². The fourth-order valence-corrected chi connectivity index (χ4v) is 3.52. The molecule has 1 amide bonds. The lowest BCUT2D eigenvalue weighted by atomic mass is 10.2. The van der Waals surface area contributed by atoms with Crippen molar-refractivity contribution in [3.05, 3.63) is 40.5 Å². The molecule has 0 aliphatic heterocycles. The van der Waals surface area contributed by atoms with Crippen LogP contribution in [0.4, 0.5) is 0 Å². The van der Waals surface area contributed by atoms with E-state index in [1.165, 1.54) is 11.3 Å². The number of amides is 1. The number of carbonyl (C=O) groups is 1. The third kappa shape index (κ3) is 2.68. The number of fused-ring (bicyclic) bond motifs is 1. The lowest BCUT2D eigenvalue weighted by Gasteiger charge is -2.05. The first-order valence-electron chi connectivity index (χ1n) is 7.30. The van der Waals surface area contributed by atoms with Gasteiger partial charge in [-0.2, -0.15) is 10.1 Å². The van der Waals surface area contributed by atoms with Crippen molar-refractivity contribution in [3.8, 4) is 5.75 Å². The van der Waals surface area contributed by atoms with E-state index in [9.17, 15) is 4.79 Å². The zero-order chi connectivity index (χ0) is 16.6. The smallest absolute Gasteiger partial charge is 0.300 e. The van der Waals surface area contributed by atoms with Gasteiger partial charge in [-0.1, -0.05) is 17.4 Å². The molecule has 3 rings (SSSR count). The molecule has 0 atom stereocenters. The Bertz CT molecular complexity index is 949. The summed E-state index contributed by atoms with van der Waals surface area (Å²) in [5.41, 5.74) is 2.43. The van der Waals surface area contributed by atoms with Crippen molar-refractivity contribution in [2.24, 2.45) is 12.0 Å². The van der Waals surface area contributed by atoms with E-state index in [1.54, 1.807) is 24.1 Å². The Kier molecular flexibility index (Phi) is 4.04. The van der Waals surface area contributed by atoms with E-state index in [-0.39, 0.29) is 5.91 Å². The zero-order valence-corrected chi connectivity index (χ0v) is 14.3. The molecule has 2 heterocycles. The van der Waals surface area contributed by atoms with E-state index in [0.29, 0.717) is 10.5 Å². The third-order valence-corrected chi connectivity index (χ3v) is 4.98. The summed E-state index contributed by atoms with van der Waals surface area (Å²) in [7, 11) is 3.53. The van der Waals surface area contributed by atoms with Crippen molar-refractivity contribution in [1.82, 2.24) is 14.3 Å².